The van der Waals surface area contributed by atoms with Gasteiger partial charge in [0.25, 0.3) is 0 Å². The number of rotatable bonds is 1. The minimum Gasteiger partial charge on any atom is -0.392 e. The van der Waals surface area contributed by atoms with E-state index in [-0.39, 0.29) is 17.0 Å². The van der Waals surface area contributed by atoms with Crippen LogP contribution < -0.4 is 0 Å². The van der Waals surface area contributed by atoms with Gasteiger partial charge in [0.15, 0.2) is 5.78 Å². The molecular formula is C26H23FO2. The number of allylic oxidation sites excluding steroid dienone is 2. The highest BCUT2D eigenvalue weighted by Crippen LogP contribution is 2.48. The van der Waals surface area contributed by atoms with Gasteiger partial charge in [-0.2, -0.15) is 0 Å². The molecule has 2 aliphatic carbocycles. The van der Waals surface area contributed by atoms with Crippen LogP contribution in [0.1, 0.15) is 49.3 Å². The van der Waals surface area contributed by atoms with E-state index in [0.717, 1.165) is 41.5 Å². The van der Waals surface area contributed by atoms with Crippen LogP contribution >= 0.6 is 0 Å². The van der Waals surface area contributed by atoms with Crippen LogP contribution in [0.3, 0.4) is 0 Å². The van der Waals surface area contributed by atoms with Crippen LogP contribution in [0, 0.1) is 23.1 Å². The fourth-order valence-corrected chi connectivity index (χ4v) is 4.20. The first-order valence-electron chi connectivity index (χ1n) is 9.96. The second-order valence-corrected chi connectivity index (χ2v) is 8.09. The Hall–Kier alpha value is -2.96. The van der Waals surface area contributed by atoms with Crippen LogP contribution in [0.15, 0.2) is 65.8 Å². The number of halogens is 1. The Labute approximate surface area is 170 Å². The third-order valence-electron chi connectivity index (χ3n) is 6.00. The number of ketones is 1. The monoisotopic (exact) mass is 386 g/mol. The van der Waals surface area contributed by atoms with Gasteiger partial charge in [0.05, 0.1) is 6.10 Å². The summed E-state index contributed by atoms with van der Waals surface area (Å²) in [6.07, 6.45) is 6.42. The molecule has 0 unspecified atom stereocenters. The molecule has 0 radical (unpaired) electrons. The van der Waals surface area contributed by atoms with E-state index in [1.54, 1.807) is 18.2 Å². The summed E-state index contributed by atoms with van der Waals surface area (Å²) in [4.78, 5) is 12.6. The van der Waals surface area contributed by atoms with E-state index in [9.17, 15) is 14.3 Å². The van der Waals surface area contributed by atoms with Gasteiger partial charge >= 0.3 is 0 Å². The molecule has 2 aromatic rings. The molecule has 2 aliphatic rings. The number of aliphatic hydroxyl groups excluding tert-OH is 1. The Morgan fingerprint density at radius 1 is 1.14 bits per heavy atom. The summed E-state index contributed by atoms with van der Waals surface area (Å²) in [5, 5.41) is 10.5. The SMILES string of the molecule is C[C@]12CC(=Cc3ccc(C#Cc4cccc(F)c4)cc3)C(=O)C=C1CCC[C@@H]2O. The van der Waals surface area contributed by atoms with Crippen molar-refractivity contribution in [1.82, 2.24) is 0 Å². The van der Waals surface area contributed by atoms with Gasteiger partial charge in [-0.05, 0) is 73.7 Å². The zero-order chi connectivity index (χ0) is 20.4. The molecule has 0 aliphatic heterocycles. The van der Waals surface area contributed by atoms with Crippen molar-refractivity contribution in [3.05, 3.63) is 88.3 Å². The van der Waals surface area contributed by atoms with Gasteiger partial charge in [-0.25, -0.2) is 4.39 Å². The zero-order valence-electron chi connectivity index (χ0n) is 16.4. The average Bonchev–Trinajstić information content (AvgIpc) is 2.70. The molecule has 1 N–H and O–H groups in total. The first-order valence-corrected chi connectivity index (χ1v) is 9.96. The molecule has 1 fully saturated rings. The summed E-state index contributed by atoms with van der Waals surface area (Å²) >= 11 is 0. The molecule has 3 heteroatoms. The van der Waals surface area contributed by atoms with Crippen molar-refractivity contribution >= 4 is 11.9 Å². The largest absolute Gasteiger partial charge is 0.392 e. The maximum atomic E-state index is 13.2. The Balaban J connectivity index is 1.55. The molecule has 146 valence electrons. The predicted molar refractivity (Wildman–Crippen MR) is 112 cm³/mol. The molecule has 2 aromatic carbocycles. The van der Waals surface area contributed by atoms with Gasteiger partial charge in [-0.15, -0.1) is 0 Å². The van der Waals surface area contributed by atoms with Crippen LogP contribution in [-0.2, 0) is 4.79 Å². The molecule has 0 aromatic heterocycles. The van der Waals surface area contributed by atoms with Crippen LogP contribution in [0.5, 0.6) is 0 Å². The lowest BCUT2D eigenvalue weighted by atomic mass is 9.63. The van der Waals surface area contributed by atoms with E-state index in [1.807, 2.05) is 30.3 Å². The summed E-state index contributed by atoms with van der Waals surface area (Å²) < 4.78 is 13.2. The van der Waals surface area contributed by atoms with Gasteiger partial charge in [-0.3, -0.25) is 4.79 Å². The highest BCUT2D eigenvalue weighted by molar-refractivity contribution is 6.08. The fraction of sp³-hybridized carbons (Fsp3) is 0.269. The Morgan fingerprint density at radius 3 is 2.66 bits per heavy atom. The van der Waals surface area contributed by atoms with Crippen LogP contribution in [-0.4, -0.2) is 17.0 Å². The molecule has 0 bridgehead atoms. The predicted octanol–water partition coefficient (Wildman–Crippen LogP) is 5.06. The summed E-state index contributed by atoms with van der Waals surface area (Å²) in [6.45, 7) is 2.06. The zero-order valence-corrected chi connectivity index (χ0v) is 16.4. The smallest absolute Gasteiger partial charge is 0.181 e. The number of carbonyl (C=O) groups excluding carboxylic acids is 1. The second kappa shape index (κ2) is 7.81. The Kier molecular flexibility index (Phi) is 5.22. The summed E-state index contributed by atoms with van der Waals surface area (Å²) in [5.41, 5.74) is 3.86. The number of fused-ring (bicyclic) bond motifs is 1. The average molecular weight is 386 g/mol. The minimum absolute atomic E-state index is 0.0431. The molecule has 2 nitrogen and oxygen atoms in total. The molecule has 2 atom stereocenters. The lowest BCUT2D eigenvalue weighted by molar-refractivity contribution is -0.112. The molecule has 0 heterocycles. The van der Waals surface area contributed by atoms with E-state index in [2.05, 4.69) is 18.8 Å². The van der Waals surface area contributed by atoms with E-state index < -0.39 is 6.10 Å². The summed E-state index contributed by atoms with van der Waals surface area (Å²) in [7, 11) is 0. The summed E-state index contributed by atoms with van der Waals surface area (Å²) in [6, 6.07) is 13.8. The van der Waals surface area contributed by atoms with Gasteiger partial charge in [0.1, 0.15) is 5.82 Å². The first kappa shape index (κ1) is 19.4. The lowest BCUT2D eigenvalue weighted by Crippen LogP contribution is -2.40. The van der Waals surface area contributed by atoms with E-state index in [1.165, 1.54) is 12.1 Å². The van der Waals surface area contributed by atoms with Crippen molar-refractivity contribution in [2.24, 2.45) is 5.41 Å². The number of hydrogen-bond donors (Lipinski definition) is 1. The standard InChI is InChI=1S/C26H23FO2/c1-26-17-21(24(28)16-22(26)5-3-7-25(26)29)14-20-12-9-18(10-13-20)8-11-19-4-2-6-23(27)15-19/h2,4,6,9-10,12-16,25,29H,3,5,7,17H2,1H3/t25-,26-/m0/s1. The highest BCUT2D eigenvalue weighted by atomic mass is 19.1. The van der Waals surface area contributed by atoms with Gasteiger partial charge in [0, 0.05) is 22.1 Å². The Bertz CT molecular complexity index is 1070. The van der Waals surface area contributed by atoms with E-state index in [4.69, 9.17) is 0 Å². The van der Waals surface area contributed by atoms with Crippen molar-refractivity contribution in [3.63, 3.8) is 0 Å². The van der Waals surface area contributed by atoms with Crippen LogP contribution in [0.4, 0.5) is 4.39 Å². The maximum absolute atomic E-state index is 13.2. The number of benzene rings is 2. The van der Waals surface area contributed by atoms with Crippen molar-refractivity contribution < 1.29 is 14.3 Å². The first-order chi connectivity index (χ1) is 13.9. The van der Waals surface area contributed by atoms with Crippen molar-refractivity contribution in [3.8, 4) is 11.8 Å². The molecular weight excluding hydrogens is 363 g/mol. The lowest BCUT2D eigenvalue weighted by Gasteiger charge is -2.43. The topological polar surface area (TPSA) is 37.3 Å². The molecule has 4 rings (SSSR count). The third-order valence-corrected chi connectivity index (χ3v) is 6.00. The van der Waals surface area contributed by atoms with Crippen molar-refractivity contribution in [2.75, 3.05) is 0 Å². The quantitative estimate of drug-likeness (QED) is 0.549. The van der Waals surface area contributed by atoms with E-state index >= 15 is 0 Å². The molecule has 0 amide bonds. The van der Waals surface area contributed by atoms with Gasteiger partial charge < -0.3 is 5.11 Å². The number of hydrogen-bond acceptors (Lipinski definition) is 2. The maximum Gasteiger partial charge on any atom is 0.181 e. The number of carbonyl (C=O) groups is 1. The third kappa shape index (κ3) is 4.09. The number of aliphatic hydroxyl groups is 1. The van der Waals surface area contributed by atoms with Crippen LogP contribution in [0.25, 0.3) is 6.08 Å². The normalized spacial score (nSPS) is 25.1. The van der Waals surface area contributed by atoms with Crippen molar-refractivity contribution in [2.45, 2.75) is 38.7 Å². The highest BCUT2D eigenvalue weighted by Gasteiger charge is 2.43. The molecule has 1 saturated carbocycles. The fourth-order valence-electron chi connectivity index (χ4n) is 4.20. The van der Waals surface area contributed by atoms with Crippen molar-refractivity contribution in [1.29, 1.82) is 0 Å². The van der Waals surface area contributed by atoms with E-state index in [0.29, 0.717) is 12.0 Å². The van der Waals surface area contributed by atoms with Gasteiger partial charge in [0.2, 0.25) is 0 Å². The summed E-state index contributed by atoms with van der Waals surface area (Å²) in [5.74, 6) is 5.73. The second-order valence-electron chi connectivity index (χ2n) is 8.09. The molecule has 0 spiro atoms. The minimum atomic E-state index is -0.403. The van der Waals surface area contributed by atoms with Gasteiger partial charge in [-0.1, -0.05) is 42.5 Å². The van der Waals surface area contributed by atoms with Crippen LogP contribution in [0.2, 0.25) is 0 Å². The Morgan fingerprint density at radius 2 is 1.90 bits per heavy atom. The molecule has 29 heavy (non-hydrogen) atoms. The molecule has 0 saturated heterocycles.